The molecule has 0 aromatic carbocycles. The molecule has 0 saturated carbocycles. The third-order valence-corrected chi connectivity index (χ3v) is 1.82. The van der Waals surface area contributed by atoms with Crippen LogP contribution in [0.25, 0.3) is 11.0 Å². The summed E-state index contributed by atoms with van der Waals surface area (Å²) in [6.45, 7) is 0.0777. The van der Waals surface area contributed by atoms with Crippen molar-refractivity contribution in [1.29, 1.82) is 0 Å². The van der Waals surface area contributed by atoms with Crippen LogP contribution in [0, 0.1) is 11.8 Å². The Balaban J connectivity index is 2.43. The summed E-state index contributed by atoms with van der Waals surface area (Å²) in [7, 11) is 0. The number of nitrogens with zero attached hydrogens (tertiary/aromatic N) is 1. The van der Waals surface area contributed by atoms with Gasteiger partial charge in [-0.25, -0.2) is 4.98 Å². The van der Waals surface area contributed by atoms with Crippen molar-refractivity contribution in [3.63, 3.8) is 0 Å². The molecule has 3 heteroatoms. The van der Waals surface area contributed by atoms with E-state index >= 15 is 0 Å². The minimum atomic E-state index is 0.0777. The fraction of sp³-hybridized carbons (Fsp3) is 0.182. The molecule has 0 radical (unpaired) electrons. The second-order valence-corrected chi connectivity index (χ2v) is 2.77. The van der Waals surface area contributed by atoms with E-state index in [0.717, 1.165) is 11.0 Å². The number of hydrogen-bond donors (Lipinski definition) is 1. The number of fused-ring (bicyclic) bond motifs is 1. The van der Waals surface area contributed by atoms with Crippen LogP contribution in [0.15, 0.2) is 29.0 Å². The van der Waals surface area contributed by atoms with Gasteiger partial charge in [0.05, 0.1) is 18.3 Å². The first-order chi connectivity index (χ1) is 6.92. The third kappa shape index (κ3) is 1.61. The molecule has 0 bridgehead atoms. The highest BCUT2D eigenvalue weighted by molar-refractivity contribution is 5.81. The molecule has 0 amide bonds. The smallest absolute Gasteiger partial charge is 0.138 e. The Hall–Kier alpha value is -1.79. The van der Waals surface area contributed by atoms with E-state index in [1.54, 1.807) is 18.5 Å². The Morgan fingerprint density at radius 2 is 2.36 bits per heavy atom. The highest BCUT2D eigenvalue weighted by Crippen LogP contribution is 2.16. The van der Waals surface area contributed by atoms with Gasteiger partial charge in [-0.3, -0.25) is 0 Å². The van der Waals surface area contributed by atoms with Crippen LogP contribution in [0.2, 0.25) is 0 Å². The maximum atomic E-state index is 8.58. The lowest BCUT2D eigenvalue weighted by molar-refractivity contribution is 0.305. The van der Waals surface area contributed by atoms with E-state index in [2.05, 4.69) is 16.8 Å². The lowest BCUT2D eigenvalue weighted by Gasteiger charge is -1.90. The molecule has 14 heavy (non-hydrogen) atoms. The highest BCUT2D eigenvalue weighted by atomic mass is 16.3. The standard InChI is InChI=1S/C11H9NO2/c13-7-2-1-3-10-9-5-8-14-11(9)4-6-12-10/h4-6,8,13H,2,7H2. The molecule has 0 aliphatic rings. The molecule has 70 valence electrons. The molecule has 3 nitrogen and oxygen atoms in total. The van der Waals surface area contributed by atoms with Gasteiger partial charge in [0.25, 0.3) is 0 Å². The van der Waals surface area contributed by atoms with Crippen LogP contribution in [0.5, 0.6) is 0 Å². The van der Waals surface area contributed by atoms with Crippen molar-refractivity contribution < 1.29 is 9.52 Å². The Morgan fingerprint density at radius 1 is 1.43 bits per heavy atom. The summed E-state index contributed by atoms with van der Waals surface area (Å²) in [5.74, 6) is 5.72. The number of rotatable bonds is 1. The maximum absolute atomic E-state index is 8.58. The van der Waals surface area contributed by atoms with E-state index in [9.17, 15) is 0 Å². The fourth-order valence-corrected chi connectivity index (χ4v) is 1.20. The molecule has 2 aromatic rings. The number of aliphatic hydroxyl groups is 1. The molecular weight excluding hydrogens is 178 g/mol. The molecule has 2 aromatic heterocycles. The first-order valence-electron chi connectivity index (χ1n) is 4.34. The average Bonchev–Trinajstić information content (AvgIpc) is 2.67. The van der Waals surface area contributed by atoms with Crippen molar-refractivity contribution in [3.8, 4) is 11.8 Å². The number of aliphatic hydroxyl groups excluding tert-OH is 1. The van der Waals surface area contributed by atoms with Crippen LogP contribution >= 0.6 is 0 Å². The van der Waals surface area contributed by atoms with E-state index in [-0.39, 0.29) is 6.61 Å². The number of aromatic nitrogens is 1. The van der Waals surface area contributed by atoms with Crippen molar-refractivity contribution in [3.05, 3.63) is 30.3 Å². The Labute approximate surface area is 81.4 Å². The monoisotopic (exact) mass is 187 g/mol. The van der Waals surface area contributed by atoms with Crippen molar-refractivity contribution in [1.82, 2.24) is 4.98 Å². The van der Waals surface area contributed by atoms with Crippen LogP contribution in [0.4, 0.5) is 0 Å². The molecule has 1 N–H and O–H groups in total. The molecule has 0 atom stereocenters. The largest absolute Gasteiger partial charge is 0.464 e. The Kier molecular flexibility index (Phi) is 2.48. The van der Waals surface area contributed by atoms with Gasteiger partial charge in [0.2, 0.25) is 0 Å². The Morgan fingerprint density at radius 3 is 3.21 bits per heavy atom. The first-order valence-corrected chi connectivity index (χ1v) is 4.34. The van der Waals surface area contributed by atoms with Crippen molar-refractivity contribution >= 4 is 11.0 Å². The van der Waals surface area contributed by atoms with Gasteiger partial charge in [-0.1, -0.05) is 5.92 Å². The summed E-state index contributed by atoms with van der Waals surface area (Å²) in [4.78, 5) is 4.14. The van der Waals surface area contributed by atoms with Gasteiger partial charge in [-0.15, -0.1) is 0 Å². The van der Waals surface area contributed by atoms with Crippen LogP contribution in [-0.4, -0.2) is 16.7 Å². The molecule has 2 rings (SSSR count). The van der Waals surface area contributed by atoms with Gasteiger partial charge in [0.15, 0.2) is 0 Å². The first kappa shape index (κ1) is 8.79. The van der Waals surface area contributed by atoms with Crippen LogP contribution in [0.3, 0.4) is 0 Å². The van der Waals surface area contributed by atoms with Gasteiger partial charge >= 0.3 is 0 Å². The lowest BCUT2D eigenvalue weighted by Crippen LogP contribution is -1.82. The minimum absolute atomic E-state index is 0.0777. The van der Waals surface area contributed by atoms with E-state index in [1.165, 1.54) is 0 Å². The van der Waals surface area contributed by atoms with Gasteiger partial charge in [-0.2, -0.15) is 0 Å². The lowest BCUT2D eigenvalue weighted by atomic mass is 10.2. The minimum Gasteiger partial charge on any atom is -0.464 e. The summed E-state index contributed by atoms with van der Waals surface area (Å²) in [5.41, 5.74) is 1.48. The van der Waals surface area contributed by atoms with E-state index in [0.29, 0.717) is 12.1 Å². The van der Waals surface area contributed by atoms with E-state index in [4.69, 9.17) is 9.52 Å². The molecule has 0 spiro atoms. The molecule has 0 fully saturated rings. The zero-order chi connectivity index (χ0) is 9.80. The van der Waals surface area contributed by atoms with Crippen molar-refractivity contribution in [2.75, 3.05) is 6.61 Å². The fourth-order valence-electron chi connectivity index (χ4n) is 1.20. The zero-order valence-corrected chi connectivity index (χ0v) is 7.53. The van der Waals surface area contributed by atoms with E-state index in [1.807, 2.05) is 6.07 Å². The second-order valence-electron chi connectivity index (χ2n) is 2.77. The second kappa shape index (κ2) is 3.95. The summed E-state index contributed by atoms with van der Waals surface area (Å²) in [5, 5.41) is 9.49. The number of pyridine rings is 1. The molecule has 0 aliphatic carbocycles. The molecule has 0 unspecified atom stereocenters. The van der Waals surface area contributed by atoms with Crippen molar-refractivity contribution in [2.45, 2.75) is 6.42 Å². The molecular formula is C11H9NO2. The molecule has 0 aliphatic heterocycles. The Bertz CT molecular complexity index is 490. The summed E-state index contributed by atoms with van der Waals surface area (Å²) in [6.07, 6.45) is 3.74. The predicted molar refractivity (Wildman–Crippen MR) is 52.6 cm³/mol. The highest BCUT2D eigenvalue weighted by Gasteiger charge is 2.00. The predicted octanol–water partition coefficient (Wildman–Crippen LogP) is 1.56. The van der Waals surface area contributed by atoms with Crippen LogP contribution in [-0.2, 0) is 0 Å². The van der Waals surface area contributed by atoms with Crippen LogP contribution in [0.1, 0.15) is 12.1 Å². The molecule has 2 heterocycles. The molecule has 0 saturated heterocycles. The van der Waals surface area contributed by atoms with Gasteiger partial charge < -0.3 is 9.52 Å². The van der Waals surface area contributed by atoms with Crippen LogP contribution < -0.4 is 0 Å². The summed E-state index contributed by atoms with van der Waals surface area (Å²) in [6, 6.07) is 3.64. The normalized spacial score (nSPS) is 9.79. The quantitative estimate of drug-likeness (QED) is 0.689. The van der Waals surface area contributed by atoms with Crippen molar-refractivity contribution in [2.24, 2.45) is 0 Å². The average molecular weight is 187 g/mol. The number of hydrogen-bond acceptors (Lipinski definition) is 3. The van der Waals surface area contributed by atoms with Gasteiger partial charge in [0.1, 0.15) is 11.3 Å². The third-order valence-electron chi connectivity index (χ3n) is 1.82. The maximum Gasteiger partial charge on any atom is 0.138 e. The summed E-state index contributed by atoms with van der Waals surface area (Å²) < 4.78 is 5.21. The zero-order valence-electron chi connectivity index (χ0n) is 7.53. The SMILES string of the molecule is OCCC#Cc1nccc2occc12. The van der Waals surface area contributed by atoms with Gasteiger partial charge in [0, 0.05) is 12.6 Å². The topological polar surface area (TPSA) is 46.3 Å². The van der Waals surface area contributed by atoms with E-state index < -0.39 is 0 Å². The van der Waals surface area contributed by atoms with Gasteiger partial charge in [-0.05, 0) is 18.1 Å². The summed E-state index contributed by atoms with van der Waals surface area (Å²) >= 11 is 0. The number of furan rings is 1.